The van der Waals surface area contributed by atoms with Crippen molar-refractivity contribution < 1.29 is 14.7 Å². The third kappa shape index (κ3) is 8.46. The molecule has 112 valence electrons. The van der Waals surface area contributed by atoms with E-state index in [9.17, 15) is 9.59 Å². The Morgan fingerprint density at radius 3 is 2.37 bits per heavy atom. The predicted octanol–water partition coefficient (Wildman–Crippen LogP) is 2.76. The van der Waals surface area contributed by atoms with Gasteiger partial charge in [-0.3, -0.25) is 4.79 Å². The van der Waals surface area contributed by atoms with E-state index in [4.69, 9.17) is 5.11 Å². The molecular weight excluding hydrogens is 244 g/mol. The molecule has 0 spiro atoms. The highest BCUT2D eigenvalue weighted by Crippen LogP contribution is 2.12. The number of unbranched alkanes of at least 4 members (excludes halogenated alkanes) is 3. The van der Waals surface area contributed by atoms with E-state index in [1.807, 2.05) is 6.92 Å². The van der Waals surface area contributed by atoms with Gasteiger partial charge in [-0.25, -0.2) is 4.79 Å². The Bertz CT molecular complexity index is 290. The average molecular weight is 272 g/mol. The summed E-state index contributed by atoms with van der Waals surface area (Å²) in [5, 5.41) is 14.4. The molecule has 5 heteroatoms. The van der Waals surface area contributed by atoms with E-state index in [2.05, 4.69) is 17.6 Å². The third-order valence-corrected chi connectivity index (χ3v) is 3.14. The zero-order valence-corrected chi connectivity index (χ0v) is 12.6. The van der Waals surface area contributed by atoms with Gasteiger partial charge in [0.05, 0.1) is 5.41 Å². The van der Waals surface area contributed by atoms with Crippen LogP contribution in [-0.2, 0) is 4.79 Å². The Labute approximate surface area is 116 Å². The number of rotatable bonds is 9. The molecular formula is C14H28N2O3. The van der Waals surface area contributed by atoms with Crippen molar-refractivity contribution in [1.82, 2.24) is 10.6 Å². The largest absolute Gasteiger partial charge is 0.481 e. The topological polar surface area (TPSA) is 78.4 Å². The molecule has 0 saturated carbocycles. The molecule has 1 atom stereocenters. The molecule has 0 heterocycles. The first kappa shape index (κ1) is 17.7. The van der Waals surface area contributed by atoms with E-state index in [1.165, 1.54) is 19.3 Å². The second kappa shape index (κ2) is 8.77. The van der Waals surface area contributed by atoms with E-state index < -0.39 is 11.4 Å². The van der Waals surface area contributed by atoms with Crippen LogP contribution in [0.15, 0.2) is 0 Å². The summed E-state index contributed by atoms with van der Waals surface area (Å²) in [4.78, 5) is 22.5. The zero-order chi connectivity index (χ0) is 14.9. The summed E-state index contributed by atoms with van der Waals surface area (Å²) in [5.41, 5.74) is -0.943. The number of hydrogen-bond acceptors (Lipinski definition) is 2. The number of carbonyl (C=O) groups is 2. The first-order chi connectivity index (χ1) is 8.79. The van der Waals surface area contributed by atoms with Gasteiger partial charge in [0.2, 0.25) is 0 Å². The number of carboxylic acid groups (broad SMARTS) is 1. The Hall–Kier alpha value is -1.26. The van der Waals surface area contributed by atoms with Gasteiger partial charge in [-0.1, -0.05) is 32.6 Å². The number of hydrogen-bond donors (Lipinski definition) is 3. The van der Waals surface area contributed by atoms with Gasteiger partial charge >= 0.3 is 12.0 Å². The lowest BCUT2D eigenvalue weighted by atomic mass is 9.94. The maximum atomic E-state index is 11.6. The van der Waals surface area contributed by atoms with E-state index in [-0.39, 0.29) is 18.6 Å². The fraction of sp³-hybridized carbons (Fsp3) is 0.857. The van der Waals surface area contributed by atoms with Gasteiger partial charge in [-0.15, -0.1) is 0 Å². The number of carboxylic acids is 1. The van der Waals surface area contributed by atoms with Crippen molar-refractivity contribution in [3.8, 4) is 0 Å². The molecule has 5 nitrogen and oxygen atoms in total. The molecule has 0 aliphatic heterocycles. The van der Waals surface area contributed by atoms with Crippen LogP contribution in [0.5, 0.6) is 0 Å². The first-order valence-electron chi connectivity index (χ1n) is 7.07. The molecule has 0 aromatic carbocycles. The predicted molar refractivity (Wildman–Crippen MR) is 76.2 cm³/mol. The Kier molecular flexibility index (Phi) is 8.19. The van der Waals surface area contributed by atoms with Crippen LogP contribution in [0, 0.1) is 5.41 Å². The summed E-state index contributed by atoms with van der Waals surface area (Å²) in [7, 11) is 0. The van der Waals surface area contributed by atoms with Crippen LogP contribution in [0.3, 0.4) is 0 Å². The van der Waals surface area contributed by atoms with Gasteiger partial charge < -0.3 is 15.7 Å². The van der Waals surface area contributed by atoms with E-state index in [1.54, 1.807) is 13.8 Å². The van der Waals surface area contributed by atoms with Gasteiger partial charge in [0.15, 0.2) is 0 Å². The molecule has 0 aromatic heterocycles. The van der Waals surface area contributed by atoms with Crippen LogP contribution in [0.25, 0.3) is 0 Å². The van der Waals surface area contributed by atoms with Gasteiger partial charge in [0.25, 0.3) is 0 Å². The van der Waals surface area contributed by atoms with Crippen LogP contribution >= 0.6 is 0 Å². The minimum Gasteiger partial charge on any atom is -0.481 e. The maximum Gasteiger partial charge on any atom is 0.315 e. The number of amides is 2. The van der Waals surface area contributed by atoms with Crippen molar-refractivity contribution >= 4 is 12.0 Å². The normalized spacial score (nSPS) is 12.8. The molecule has 0 aliphatic rings. The number of carbonyl (C=O) groups excluding carboxylic acids is 1. The lowest BCUT2D eigenvalue weighted by Gasteiger charge is -2.21. The maximum absolute atomic E-state index is 11.6. The molecule has 1 unspecified atom stereocenters. The first-order valence-corrected chi connectivity index (χ1v) is 7.07. The highest BCUT2D eigenvalue weighted by molar-refractivity contribution is 5.77. The third-order valence-electron chi connectivity index (χ3n) is 3.14. The van der Waals surface area contributed by atoms with E-state index >= 15 is 0 Å². The summed E-state index contributed by atoms with van der Waals surface area (Å²) in [6.07, 6.45) is 5.68. The Morgan fingerprint density at radius 2 is 1.84 bits per heavy atom. The molecule has 0 rings (SSSR count). The van der Waals surface area contributed by atoms with Crippen LogP contribution in [-0.4, -0.2) is 29.7 Å². The smallest absolute Gasteiger partial charge is 0.315 e. The second-order valence-corrected chi connectivity index (χ2v) is 5.77. The molecule has 19 heavy (non-hydrogen) atoms. The molecule has 3 N–H and O–H groups in total. The van der Waals surface area contributed by atoms with Gasteiger partial charge in [0.1, 0.15) is 0 Å². The van der Waals surface area contributed by atoms with Gasteiger partial charge in [-0.05, 0) is 27.2 Å². The molecule has 0 aliphatic carbocycles. The summed E-state index contributed by atoms with van der Waals surface area (Å²) >= 11 is 0. The molecule has 0 aromatic rings. The van der Waals surface area contributed by atoms with E-state index in [0.29, 0.717) is 0 Å². The van der Waals surface area contributed by atoms with Crippen molar-refractivity contribution in [3.63, 3.8) is 0 Å². The van der Waals surface area contributed by atoms with Crippen LogP contribution in [0.1, 0.15) is 59.8 Å². The van der Waals surface area contributed by atoms with Crippen molar-refractivity contribution in [3.05, 3.63) is 0 Å². The Balaban J connectivity index is 3.82. The van der Waals surface area contributed by atoms with Crippen molar-refractivity contribution in [2.45, 2.75) is 65.8 Å². The van der Waals surface area contributed by atoms with E-state index in [0.717, 1.165) is 12.8 Å². The van der Waals surface area contributed by atoms with Gasteiger partial charge in [-0.2, -0.15) is 0 Å². The molecule has 0 saturated heterocycles. The number of aliphatic carboxylic acids is 1. The second-order valence-electron chi connectivity index (χ2n) is 5.77. The van der Waals surface area contributed by atoms with Crippen LogP contribution in [0.4, 0.5) is 4.79 Å². The summed E-state index contributed by atoms with van der Waals surface area (Å²) < 4.78 is 0. The number of nitrogens with one attached hydrogen (secondary N) is 2. The highest BCUT2D eigenvalue weighted by atomic mass is 16.4. The van der Waals surface area contributed by atoms with Crippen molar-refractivity contribution in [2.24, 2.45) is 5.41 Å². The van der Waals surface area contributed by atoms with Crippen molar-refractivity contribution in [2.75, 3.05) is 6.54 Å². The van der Waals surface area contributed by atoms with Crippen LogP contribution < -0.4 is 10.6 Å². The minimum absolute atomic E-state index is 0.116. The molecule has 0 radical (unpaired) electrons. The molecule has 2 amide bonds. The lowest BCUT2D eigenvalue weighted by Crippen LogP contribution is -2.46. The van der Waals surface area contributed by atoms with Gasteiger partial charge in [0, 0.05) is 12.6 Å². The standard InChI is InChI=1S/C14H28N2O3/c1-5-6-7-8-9-11(2)16-13(19)15-10-14(3,4)12(17)18/h11H,5-10H2,1-4H3,(H,17,18)(H2,15,16,19). The molecule has 0 bridgehead atoms. The minimum atomic E-state index is -0.943. The Morgan fingerprint density at radius 1 is 1.21 bits per heavy atom. The average Bonchev–Trinajstić information content (AvgIpc) is 2.32. The SMILES string of the molecule is CCCCCCC(C)NC(=O)NCC(C)(C)C(=O)O. The quantitative estimate of drug-likeness (QED) is 0.565. The molecule has 0 fully saturated rings. The fourth-order valence-corrected chi connectivity index (χ4v) is 1.60. The highest BCUT2D eigenvalue weighted by Gasteiger charge is 2.27. The fourth-order valence-electron chi connectivity index (χ4n) is 1.60. The van der Waals surface area contributed by atoms with Crippen molar-refractivity contribution in [1.29, 1.82) is 0 Å². The number of urea groups is 1. The van der Waals surface area contributed by atoms with Crippen LogP contribution in [0.2, 0.25) is 0 Å². The zero-order valence-electron chi connectivity index (χ0n) is 12.6. The lowest BCUT2D eigenvalue weighted by molar-refractivity contribution is -0.146. The monoisotopic (exact) mass is 272 g/mol. The summed E-state index contributed by atoms with van der Waals surface area (Å²) in [6.45, 7) is 7.43. The summed E-state index contributed by atoms with van der Waals surface area (Å²) in [6, 6.07) is -0.179. The summed E-state index contributed by atoms with van der Waals surface area (Å²) in [5.74, 6) is -0.916.